The van der Waals surface area contributed by atoms with Gasteiger partial charge < -0.3 is 0 Å². The first-order chi connectivity index (χ1) is 32.7. The Hall–Kier alpha value is -7.02. The minimum atomic E-state index is 0.709. The van der Waals surface area contributed by atoms with Crippen molar-refractivity contribution < 1.29 is 0 Å². The maximum absolute atomic E-state index is 2.37. The van der Waals surface area contributed by atoms with Gasteiger partial charge in [0.25, 0.3) is 0 Å². The van der Waals surface area contributed by atoms with E-state index in [0.717, 1.165) is 0 Å². The van der Waals surface area contributed by atoms with Crippen LogP contribution in [0.15, 0.2) is 194 Å². The van der Waals surface area contributed by atoms with E-state index in [2.05, 4.69) is 231 Å². The van der Waals surface area contributed by atoms with Crippen molar-refractivity contribution in [3.8, 4) is 0 Å². The van der Waals surface area contributed by atoms with Crippen molar-refractivity contribution in [2.45, 2.75) is 76.0 Å². The van der Waals surface area contributed by atoms with Crippen molar-refractivity contribution in [1.82, 2.24) is 0 Å². The van der Waals surface area contributed by atoms with Crippen molar-refractivity contribution in [1.29, 1.82) is 0 Å². The van der Waals surface area contributed by atoms with Gasteiger partial charge in [0, 0.05) is 0 Å². The van der Waals surface area contributed by atoms with Gasteiger partial charge in [-0.3, -0.25) is 0 Å². The maximum Gasteiger partial charge on any atom is -0.00389 e. The van der Waals surface area contributed by atoms with Gasteiger partial charge in [-0.1, -0.05) is 257 Å². The third-order valence-electron chi connectivity index (χ3n) is 14.1. The predicted molar refractivity (Wildman–Crippen MR) is 286 cm³/mol. The third kappa shape index (κ3) is 10.4. The highest BCUT2D eigenvalue weighted by Crippen LogP contribution is 2.36. The molecule has 0 bridgehead atoms. The SMILES string of the molecule is C(=C\c1cccc2cccc(/C=C/c3ccc(/C=C(\c4ccccc4)c4ccc(C5CCCCC5)cc4)cc3)c12)/c1ccc(/C=C(\c2ccccc2)c2ccc(C3CCCCC3)cc2)cc1. The molecule has 0 aliphatic heterocycles. The molecule has 8 aromatic carbocycles. The van der Waals surface area contributed by atoms with Crippen LogP contribution in [0.3, 0.4) is 0 Å². The van der Waals surface area contributed by atoms with E-state index < -0.39 is 0 Å². The zero-order valence-electron chi connectivity index (χ0n) is 38.2. The molecule has 2 fully saturated rings. The molecule has 8 aromatic rings. The molecule has 10 rings (SSSR count). The van der Waals surface area contributed by atoms with E-state index in [1.807, 2.05) is 0 Å². The van der Waals surface area contributed by atoms with E-state index in [9.17, 15) is 0 Å². The highest BCUT2D eigenvalue weighted by molar-refractivity contribution is 6.00. The van der Waals surface area contributed by atoms with Crippen molar-refractivity contribution in [3.63, 3.8) is 0 Å². The lowest BCUT2D eigenvalue weighted by molar-refractivity contribution is 0.443. The number of hydrogen-bond donors (Lipinski definition) is 0. The molecule has 0 saturated heterocycles. The molecule has 0 amide bonds. The first-order valence-electron chi connectivity index (χ1n) is 24.5. The summed E-state index contributed by atoms with van der Waals surface area (Å²) in [4.78, 5) is 0. The standard InChI is InChI=1S/C66H60/c1-5-15-53(16-6-1)55-39-43-59(44-40-55)64(57-19-9-3-10-20-57)47-51-31-27-49(28-32-51)35-37-62-25-13-23-61-24-14-26-63(66(61)62)38-36-50-29-33-52(34-30-50)48-65(58-21-11-4-12-22-58)60-45-41-56(42-46-60)54-17-7-2-8-18-54/h3-4,9-14,19-48,53-54H,1-2,5-8,15-18H2/b37-35+,38-36+,64-47+,65-48+. The predicted octanol–water partition coefficient (Wildman–Crippen LogP) is 18.5. The lowest BCUT2D eigenvalue weighted by atomic mass is 9.83. The van der Waals surface area contributed by atoms with Gasteiger partial charge in [0.05, 0.1) is 0 Å². The van der Waals surface area contributed by atoms with Crippen molar-refractivity contribution >= 4 is 58.4 Å². The van der Waals surface area contributed by atoms with E-state index in [1.54, 1.807) is 0 Å². The first-order valence-corrected chi connectivity index (χ1v) is 24.5. The lowest BCUT2D eigenvalue weighted by Crippen LogP contribution is -2.04. The van der Waals surface area contributed by atoms with Crippen molar-refractivity contribution in [2.75, 3.05) is 0 Å². The Bertz CT molecular complexity index is 2750. The highest BCUT2D eigenvalue weighted by atomic mass is 14.2. The van der Waals surface area contributed by atoms with Gasteiger partial charge in [0.2, 0.25) is 0 Å². The minimum Gasteiger partial charge on any atom is -0.0622 e. The van der Waals surface area contributed by atoms with Crippen LogP contribution in [0.25, 0.3) is 58.4 Å². The topological polar surface area (TPSA) is 0 Å². The summed E-state index contributed by atoms with van der Waals surface area (Å²) in [6, 6.07) is 71.6. The van der Waals surface area contributed by atoms with E-state index >= 15 is 0 Å². The average Bonchev–Trinajstić information content (AvgIpc) is 3.40. The van der Waals surface area contributed by atoms with Crippen LogP contribution in [0.5, 0.6) is 0 Å². The fraction of sp³-hybridized carbons (Fsp3) is 0.182. The Morgan fingerprint density at radius 1 is 0.303 bits per heavy atom. The van der Waals surface area contributed by atoms with Gasteiger partial charge in [0.15, 0.2) is 0 Å². The monoisotopic (exact) mass is 852 g/mol. The Balaban J connectivity index is 0.865. The smallest absolute Gasteiger partial charge is 0.00389 e. The zero-order valence-corrected chi connectivity index (χ0v) is 38.2. The molecule has 0 unspecified atom stereocenters. The quantitative estimate of drug-likeness (QED) is 0.107. The number of benzene rings is 8. The molecular weight excluding hydrogens is 793 g/mol. The van der Waals surface area contributed by atoms with Crippen LogP contribution in [0.1, 0.15) is 143 Å². The Morgan fingerprint density at radius 2 is 0.667 bits per heavy atom. The lowest BCUT2D eigenvalue weighted by Gasteiger charge is -2.22. The molecule has 0 N–H and O–H groups in total. The molecule has 0 nitrogen and oxygen atoms in total. The second-order valence-electron chi connectivity index (χ2n) is 18.6. The molecule has 324 valence electrons. The number of fused-ring (bicyclic) bond motifs is 1. The van der Waals surface area contributed by atoms with E-state index in [0.29, 0.717) is 11.8 Å². The summed E-state index contributed by atoms with van der Waals surface area (Å²) < 4.78 is 0. The Kier molecular flexibility index (Phi) is 13.6. The molecule has 0 radical (unpaired) electrons. The molecule has 0 aromatic heterocycles. The first kappa shape index (κ1) is 42.9. The van der Waals surface area contributed by atoms with Crippen LogP contribution < -0.4 is 0 Å². The average molecular weight is 853 g/mol. The summed E-state index contributed by atoms with van der Waals surface area (Å²) in [7, 11) is 0. The summed E-state index contributed by atoms with van der Waals surface area (Å²) in [5.41, 5.74) is 17.7. The van der Waals surface area contributed by atoms with E-state index in [1.165, 1.54) is 153 Å². The van der Waals surface area contributed by atoms with Gasteiger partial charge in [-0.15, -0.1) is 0 Å². The molecule has 2 aliphatic carbocycles. The fourth-order valence-electron chi connectivity index (χ4n) is 10.4. The molecule has 0 spiro atoms. The van der Waals surface area contributed by atoms with Gasteiger partial charge in [0.1, 0.15) is 0 Å². The van der Waals surface area contributed by atoms with Crippen LogP contribution in [0.4, 0.5) is 0 Å². The van der Waals surface area contributed by atoms with Gasteiger partial charge in [-0.25, -0.2) is 0 Å². The number of hydrogen-bond acceptors (Lipinski definition) is 0. The van der Waals surface area contributed by atoms with Crippen molar-refractivity contribution in [2.24, 2.45) is 0 Å². The molecule has 2 aliphatic rings. The normalized spacial score (nSPS) is 15.5. The zero-order chi connectivity index (χ0) is 44.3. The number of rotatable bonds is 12. The van der Waals surface area contributed by atoms with Crippen molar-refractivity contribution in [3.05, 3.63) is 261 Å². The van der Waals surface area contributed by atoms with Gasteiger partial charge in [-0.05, 0) is 138 Å². The summed E-state index contributed by atoms with van der Waals surface area (Å²) in [6.07, 6.45) is 27.2. The van der Waals surface area contributed by atoms with Crippen LogP contribution >= 0.6 is 0 Å². The molecule has 2 saturated carbocycles. The maximum atomic E-state index is 2.37. The fourth-order valence-corrected chi connectivity index (χ4v) is 10.4. The molecule has 0 heterocycles. The highest BCUT2D eigenvalue weighted by Gasteiger charge is 2.17. The van der Waals surface area contributed by atoms with Crippen LogP contribution in [-0.4, -0.2) is 0 Å². The Morgan fingerprint density at radius 3 is 1.06 bits per heavy atom. The Labute approximate surface area is 393 Å². The second-order valence-corrected chi connectivity index (χ2v) is 18.6. The summed E-state index contributed by atoms with van der Waals surface area (Å²) in [5.74, 6) is 1.42. The van der Waals surface area contributed by atoms with Crippen LogP contribution in [0.2, 0.25) is 0 Å². The summed E-state index contributed by atoms with van der Waals surface area (Å²) in [5, 5.41) is 2.50. The second kappa shape index (κ2) is 20.9. The van der Waals surface area contributed by atoms with E-state index in [4.69, 9.17) is 0 Å². The molecule has 0 atom stereocenters. The van der Waals surface area contributed by atoms with Gasteiger partial charge in [-0.2, -0.15) is 0 Å². The van der Waals surface area contributed by atoms with Crippen LogP contribution in [-0.2, 0) is 0 Å². The molecule has 0 heteroatoms. The van der Waals surface area contributed by atoms with E-state index in [-0.39, 0.29) is 0 Å². The molecule has 66 heavy (non-hydrogen) atoms. The summed E-state index contributed by atoms with van der Waals surface area (Å²) >= 11 is 0. The minimum absolute atomic E-state index is 0.709. The molecular formula is C66H60. The van der Waals surface area contributed by atoms with Gasteiger partial charge >= 0.3 is 0 Å². The summed E-state index contributed by atoms with van der Waals surface area (Å²) in [6.45, 7) is 0. The third-order valence-corrected chi connectivity index (χ3v) is 14.1. The van der Waals surface area contributed by atoms with Crippen LogP contribution in [0, 0.1) is 0 Å². The largest absolute Gasteiger partial charge is 0.0622 e.